The van der Waals surface area contributed by atoms with Crippen LogP contribution in [0.2, 0.25) is 0 Å². The Morgan fingerprint density at radius 2 is 1.93 bits per heavy atom. The predicted molar refractivity (Wildman–Crippen MR) is 97.7 cm³/mol. The number of nitrogens with one attached hydrogen (secondary N) is 1. The van der Waals surface area contributed by atoms with Crippen molar-refractivity contribution in [1.29, 1.82) is 0 Å². The van der Waals surface area contributed by atoms with E-state index in [1.165, 1.54) is 31.6 Å². The van der Waals surface area contributed by atoms with Gasteiger partial charge in [0.2, 0.25) is 11.5 Å². The minimum absolute atomic E-state index is 0.0940. The first-order valence-electron chi connectivity index (χ1n) is 8.34. The fraction of sp³-hybridized carbons (Fsp3) is 0.278. The van der Waals surface area contributed by atoms with Gasteiger partial charge in [-0.15, -0.1) is 11.3 Å². The Morgan fingerprint density at radius 3 is 2.52 bits per heavy atom. The molecular weight excluding hydrogens is 412 g/mol. The molecule has 0 bridgehead atoms. The maximum absolute atomic E-state index is 13.5. The van der Waals surface area contributed by atoms with E-state index in [0.717, 1.165) is 32.5 Å². The van der Waals surface area contributed by atoms with Crippen molar-refractivity contribution in [3.63, 3.8) is 0 Å². The molecule has 0 aliphatic rings. The number of rotatable bonds is 6. The van der Waals surface area contributed by atoms with Gasteiger partial charge >= 0.3 is 6.18 Å². The van der Waals surface area contributed by atoms with E-state index in [-0.39, 0.29) is 10.9 Å². The predicted octanol–water partition coefficient (Wildman–Crippen LogP) is 3.39. The van der Waals surface area contributed by atoms with Crippen molar-refractivity contribution in [3.05, 3.63) is 64.9 Å². The summed E-state index contributed by atoms with van der Waals surface area (Å²) in [7, 11) is 1.29. The number of benzene rings is 1. The molecule has 0 saturated carbocycles. The summed E-state index contributed by atoms with van der Waals surface area (Å²) in [6.07, 6.45) is -2.14. The number of aryl methyl sites for hydroxylation is 1. The lowest BCUT2D eigenvalue weighted by molar-refractivity contribution is -0.270. The fourth-order valence-electron chi connectivity index (χ4n) is 2.72. The monoisotopic (exact) mass is 428 g/mol. The van der Waals surface area contributed by atoms with E-state index in [0.29, 0.717) is 6.42 Å². The van der Waals surface area contributed by atoms with Crippen molar-refractivity contribution >= 4 is 22.4 Å². The maximum atomic E-state index is 13.5. The van der Waals surface area contributed by atoms with Crippen LogP contribution in [0.15, 0.2) is 42.9 Å². The molecule has 2 N–H and O–H groups in total. The van der Waals surface area contributed by atoms with Gasteiger partial charge in [-0.25, -0.2) is 14.4 Å². The van der Waals surface area contributed by atoms with Crippen molar-refractivity contribution in [2.24, 2.45) is 7.05 Å². The van der Waals surface area contributed by atoms with Crippen molar-refractivity contribution < 1.29 is 27.5 Å². The number of anilines is 1. The van der Waals surface area contributed by atoms with Gasteiger partial charge in [-0.3, -0.25) is 4.79 Å². The lowest BCUT2D eigenvalue weighted by atomic mass is 9.97. The minimum atomic E-state index is -5.11. The second-order valence-corrected chi connectivity index (χ2v) is 7.49. The Kier molecular flexibility index (Phi) is 5.71. The maximum Gasteiger partial charge on any atom is 0.425 e. The largest absolute Gasteiger partial charge is 0.425 e. The van der Waals surface area contributed by atoms with E-state index in [2.05, 4.69) is 15.3 Å². The van der Waals surface area contributed by atoms with Crippen molar-refractivity contribution in [2.45, 2.75) is 24.6 Å². The van der Waals surface area contributed by atoms with E-state index in [1.54, 1.807) is 12.1 Å². The van der Waals surface area contributed by atoms with E-state index < -0.39 is 29.9 Å². The normalized spacial score (nSPS) is 13.9. The highest BCUT2D eigenvalue weighted by molar-refractivity contribution is 7.15. The van der Waals surface area contributed by atoms with Crippen molar-refractivity contribution in [1.82, 2.24) is 14.5 Å². The number of hydrogen-bond donors (Lipinski definition) is 2. The van der Waals surface area contributed by atoms with Gasteiger partial charge in [-0.1, -0.05) is 12.1 Å². The van der Waals surface area contributed by atoms with E-state index >= 15 is 0 Å². The number of carbonyl (C=O) groups is 1. The third kappa shape index (κ3) is 4.62. The van der Waals surface area contributed by atoms with Crippen LogP contribution in [0.5, 0.6) is 0 Å². The molecule has 0 aliphatic carbocycles. The van der Waals surface area contributed by atoms with Crippen LogP contribution in [0.3, 0.4) is 0 Å². The molecule has 11 heteroatoms. The highest BCUT2D eigenvalue weighted by atomic mass is 32.1. The number of hydrogen-bond acceptors (Lipinski definition) is 5. The van der Waals surface area contributed by atoms with Crippen LogP contribution in [0.1, 0.15) is 22.7 Å². The lowest BCUT2D eigenvalue weighted by Gasteiger charge is -2.29. The molecule has 1 atom stereocenters. The lowest BCUT2D eigenvalue weighted by Crippen LogP contribution is -2.46. The van der Waals surface area contributed by atoms with Gasteiger partial charge in [-0.2, -0.15) is 13.2 Å². The van der Waals surface area contributed by atoms with Gasteiger partial charge in [0.25, 0.3) is 0 Å². The number of thiazole rings is 1. The summed E-state index contributed by atoms with van der Waals surface area (Å²) in [6.45, 7) is 0. The molecule has 1 aromatic carbocycles. The van der Waals surface area contributed by atoms with Gasteiger partial charge in [0.1, 0.15) is 5.82 Å². The number of imidazole rings is 1. The average Bonchev–Trinajstić information content (AvgIpc) is 3.25. The molecule has 2 aromatic heterocycles. The number of aromatic nitrogens is 3. The number of alkyl halides is 3. The van der Waals surface area contributed by atoms with E-state index in [4.69, 9.17) is 0 Å². The summed E-state index contributed by atoms with van der Waals surface area (Å²) >= 11 is 1.07. The second-order valence-electron chi connectivity index (χ2n) is 6.38. The Balaban J connectivity index is 1.70. The fourth-order valence-corrected chi connectivity index (χ4v) is 3.58. The summed E-state index contributed by atoms with van der Waals surface area (Å²) in [4.78, 5) is 20.4. The summed E-state index contributed by atoms with van der Waals surface area (Å²) in [5, 5.41) is 12.6. The Hall–Kier alpha value is -2.79. The summed E-state index contributed by atoms with van der Waals surface area (Å²) in [5.41, 5.74) is -2.63. The highest BCUT2D eigenvalue weighted by Crippen LogP contribution is 2.41. The van der Waals surface area contributed by atoms with Crippen LogP contribution in [0, 0.1) is 5.82 Å². The first-order valence-corrected chi connectivity index (χ1v) is 9.16. The van der Waals surface area contributed by atoms with Gasteiger partial charge in [0.15, 0.2) is 11.0 Å². The zero-order chi connectivity index (χ0) is 21.2. The average molecular weight is 428 g/mol. The number of nitrogens with zero attached hydrogens (tertiary/aromatic N) is 3. The van der Waals surface area contributed by atoms with Gasteiger partial charge in [0.05, 0.1) is 6.42 Å². The molecule has 3 rings (SSSR count). The smallest absolute Gasteiger partial charge is 0.374 e. The molecule has 3 aromatic rings. The van der Waals surface area contributed by atoms with Crippen LogP contribution >= 0.6 is 11.3 Å². The topological polar surface area (TPSA) is 80.0 Å². The molecule has 154 valence electrons. The SMILES string of the molecule is Cn1ccnc1C(O)(CC(=O)Nc1ncc(Cc2ccc(F)cc2)s1)C(F)(F)F. The van der Waals surface area contributed by atoms with E-state index in [1.807, 2.05) is 0 Å². The zero-order valence-electron chi connectivity index (χ0n) is 15.1. The van der Waals surface area contributed by atoms with Crippen molar-refractivity contribution in [2.75, 3.05) is 5.32 Å². The molecule has 1 unspecified atom stereocenters. The van der Waals surface area contributed by atoms with Crippen molar-refractivity contribution in [3.8, 4) is 0 Å². The standard InChI is InChI=1S/C18H16F4N4O2S/c1-26-7-6-23-15(26)17(28,18(20,21)22)9-14(27)25-16-24-10-13(29-16)8-11-2-4-12(19)5-3-11/h2-7,10,28H,8-9H2,1H3,(H,24,25,27). The first kappa shape index (κ1) is 20.9. The molecule has 1 amide bonds. The molecule has 0 spiro atoms. The van der Waals surface area contributed by atoms with Gasteiger partial charge in [0, 0.05) is 36.9 Å². The Bertz CT molecular complexity index is 1000. The molecule has 0 radical (unpaired) electrons. The van der Waals surface area contributed by atoms with Crippen LogP contribution in [0.25, 0.3) is 0 Å². The number of carbonyl (C=O) groups excluding carboxylic acids is 1. The summed E-state index contributed by atoms with van der Waals surface area (Å²) in [5.74, 6) is -2.11. The van der Waals surface area contributed by atoms with Crippen LogP contribution in [-0.2, 0) is 23.9 Å². The van der Waals surface area contributed by atoms with E-state index in [9.17, 15) is 27.5 Å². The molecule has 0 saturated heterocycles. The Labute approximate surface area is 166 Å². The van der Waals surface area contributed by atoms with Gasteiger partial charge < -0.3 is 15.0 Å². The van der Waals surface area contributed by atoms with Crippen LogP contribution < -0.4 is 5.32 Å². The number of aliphatic hydroxyl groups is 1. The van der Waals surface area contributed by atoms with Crippen LogP contribution in [0.4, 0.5) is 22.7 Å². The molecule has 0 aliphatic heterocycles. The first-order chi connectivity index (χ1) is 13.6. The summed E-state index contributed by atoms with van der Waals surface area (Å²) < 4.78 is 54.5. The second kappa shape index (κ2) is 7.91. The highest BCUT2D eigenvalue weighted by Gasteiger charge is 2.58. The quantitative estimate of drug-likeness (QED) is 0.590. The molecule has 0 fully saturated rings. The van der Waals surface area contributed by atoms with Crippen LogP contribution in [-0.4, -0.2) is 31.7 Å². The third-order valence-corrected chi connectivity index (χ3v) is 5.08. The Morgan fingerprint density at radius 1 is 1.24 bits per heavy atom. The molecule has 6 nitrogen and oxygen atoms in total. The minimum Gasteiger partial charge on any atom is -0.374 e. The number of halogens is 4. The third-order valence-electron chi connectivity index (χ3n) is 4.17. The molecule has 29 heavy (non-hydrogen) atoms. The zero-order valence-corrected chi connectivity index (χ0v) is 15.9. The van der Waals surface area contributed by atoms with Gasteiger partial charge in [-0.05, 0) is 17.7 Å². The number of amides is 1. The molecule has 2 heterocycles. The molecular formula is C18H16F4N4O2S. The summed E-state index contributed by atoms with van der Waals surface area (Å²) in [6, 6.07) is 5.83.